The van der Waals surface area contributed by atoms with E-state index in [1.165, 1.54) is 4.31 Å². The Balaban J connectivity index is 3.27. The second kappa shape index (κ2) is 4.95. The average molecular weight is 242 g/mol. The topological polar surface area (TPSA) is 63.4 Å². The molecule has 0 spiro atoms. The van der Waals surface area contributed by atoms with Crippen LogP contribution in [0.4, 0.5) is 0 Å². The molecule has 5 heteroatoms. The zero-order chi connectivity index (χ0) is 12.3. The molecule has 0 aliphatic rings. The van der Waals surface area contributed by atoms with Gasteiger partial charge in [-0.2, -0.15) is 4.31 Å². The number of nitrogens with two attached hydrogens (primary N) is 1. The van der Waals surface area contributed by atoms with Crippen molar-refractivity contribution in [2.45, 2.75) is 31.3 Å². The molecule has 90 valence electrons. The smallest absolute Gasteiger partial charge is 0.243 e. The summed E-state index contributed by atoms with van der Waals surface area (Å²) < 4.78 is 25.8. The molecule has 0 fully saturated rings. The van der Waals surface area contributed by atoms with Gasteiger partial charge < -0.3 is 5.73 Å². The Morgan fingerprint density at radius 3 is 2.38 bits per heavy atom. The van der Waals surface area contributed by atoms with Crippen LogP contribution in [0.1, 0.15) is 19.4 Å². The maximum atomic E-state index is 12.2. The van der Waals surface area contributed by atoms with Crippen LogP contribution in [0.2, 0.25) is 0 Å². The molecule has 0 atom stereocenters. The van der Waals surface area contributed by atoms with Crippen molar-refractivity contribution in [3.63, 3.8) is 0 Å². The summed E-state index contributed by atoms with van der Waals surface area (Å²) >= 11 is 0. The number of sulfonamides is 1. The molecule has 4 nitrogen and oxygen atoms in total. The minimum absolute atomic E-state index is 0.0733. The molecule has 16 heavy (non-hydrogen) atoms. The van der Waals surface area contributed by atoms with E-state index in [0.29, 0.717) is 10.5 Å². The molecule has 0 heterocycles. The molecule has 1 rings (SSSR count). The van der Waals surface area contributed by atoms with Gasteiger partial charge in [-0.15, -0.1) is 0 Å². The summed E-state index contributed by atoms with van der Waals surface area (Å²) in [5, 5.41) is 0. The molecule has 0 saturated carbocycles. The van der Waals surface area contributed by atoms with Gasteiger partial charge in [0.1, 0.15) is 0 Å². The Morgan fingerprint density at radius 1 is 1.31 bits per heavy atom. The lowest BCUT2D eigenvalue weighted by atomic mass is 10.2. The van der Waals surface area contributed by atoms with Crippen molar-refractivity contribution < 1.29 is 8.42 Å². The van der Waals surface area contributed by atoms with E-state index in [-0.39, 0.29) is 12.6 Å². The molecule has 2 N–H and O–H groups in total. The highest BCUT2D eigenvalue weighted by molar-refractivity contribution is 7.89. The fraction of sp³-hybridized carbons (Fsp3) is 0.455. The number of rotatable bonds is 4. The van der Waals surface area contributed by atoms with Gasteiger partial charge in [0, 0.05) is 19.6 Å². The Morgan fingerprint density at radius 2 is 1.88 bits per heavy atom. The Bertz CT molecular complexity index is 455. The third kappa shape index (κ3) is 2.42. The van der Waals surface area contributed by atoms with E-state index in [1.54, 1.807) is 31.3 Å². The Labute approximate surface area is 97.1 Å². The molecule has 0 bridgehead atoms. The minimum Gasteiger partial charge on any atom is -0.326 e. The monoisotopic (exact) mass is 242 g/mol. The highest BCUT2D eigenvalue weighted by Gasteiger charge is 2.24. The van der Waals surface area contributed by atoms with Crippen LogP contribution in [0, 0.1) is 0 Å². The van der Waals surface area contributed by atoms with Gasteiger partial charge in [-0.25, -0.2) is 8.42 Å². The molecule has 0 unspecified atom stereocenters. The largest absolute Gasteiger partial charge is 0.326 e. The summed E-state index contributed by atoms with van der Waals surface area (Å²) in [6.45, 7) is 3.90. The highest BCUT2D eigenvalue weighted by atomic mass is 32.2. The summed E-state index contributed by atoms with van der Waals surface area (Å²) in [5.74, 6) is 0. The van der Waals surface area contributed by atoms with Crippen LogP contribution in [0.5, 0.6) is 0 Å². The minimum atomic E-state index is -3.43. The normalized spacial score (nSPS) is 12.4. The van der Waals surface area contributed by atoms with Gasteiger partial charge in [-0.1, -0.05) is 18.2 Å². The number of hydrogen-bond donors (Lipinski definition) is 1. The van der Waals surface area contributed by atoms with Gasteiger partial charge >= 0.3 is 0 Å². The highest BCUT2D eigenvalue weighted by Crippen LogP contribution is 2.20. The van der Waals surface area contributed by atoms with E-state index in [1.807, 2.05) is 13.8 Å². The number of benzene rings is 1. The molecule has 0 radical (unpaired) electrons. The van der Waals surface area contributed by atoms with E-state index in [2.05, 4.69) is 0 Å². The van der Waals surface area contributed by atoms with E-state index in [4.69, 9.17) is 5.73 Å². The lowest BCUT2D eigenvalue weighted by Gasteiger charge is -2.22. The quantitative estimate of drug-likeness (QED) is 0.862. The standard InChI is InChI=1S/C11H18N2O2S/c1-9(2)13(3)16(14,15)11-7-5-4-6-10(11)8-12/h4-7,9H,8,12H2,1-3H3. The van der Waals surface area contributed by atoms with Crippen LogP contribution in [0.3, 0.4) is 0 Å². The molecule has 0 aliphatic carbocycles. The van der Waals surface area contributed by atoms with E-state index < -0.39 is 10.0 Å². The summed E-state index contributed by atoms with van der Waals surface area (Å²) in [6, 6.07) is 6.75. The predicted molar refractivity (Wildman–Crippen MR) is 64.4 cm³/mol. The molecular formula is C11H18N2O2S. The summed E-state index contributed by atoms with van der Waals surface area (Å²) in [4.78, 5) is 0.300. The summed E-state index contributed by atoms with van der Waals surface area (Å²) in [5.41, 5.74) is 6.19. The first kappa shape index (κ1) is 13.2. The maximum absolute atomic E-state index is 12.2. The van der Waals surface area contributed by atoms with Crippen molar-refractivity contribution in [3.8, 4) is 0 Å². The second-order valence-electron chi connectivity index (χ2n) is 3.93. The van der Waals surface area contributed by atoms with E-state index in [9.17, 15) is 8.42 Å². The average Bonchev–Trinajstić information content (AvgIpc) is 2.27. The fourth-order valence-corrected chi connectivity index (χ4v) is 2.96. The molecular weight excluding hydrogens is 224 g/mol. The molecule has 0 saturated heterocycles. The summed E-state index contributed by atoms with van der Waals surface area (Å²) in [7, 11) is -1.85. The van der Waals surface area contributed by atoms with Crippen molar-refractivity contribution in [3.05, 3.63) is 29.8 Å². The first-order chi connectivity index (χ1) is 7.41. The maximum Gasteiger partial charge on any atom is 0.243 e. The van der Waals surface area contributed by atoms with Crippen LogP contribution in [0.15, 0.2) is 29.2 Å². The molecule has 0 amide bonds. The molecule has 1 aromatic carbocycles. The predicted octanol–water partition coefficient (Wildman–Crippen LogP) is 1.17. The lowest BCUT2D eigenvalue weighted by Crippen LogP contribution is -2.33. The number of hydrogen-bond acceptors (Lipinski definition) is 3. The SMILES string of the molecule is CC(C)N(C)S(=O)(=O)c1ccccc1CN. The zero-order valence-corrected chi connectivity index (χ0v) is 10.7. The van der Waals surface area contributed by atoms with Gasteiger partial charge in [-0.05, 0) is 25.5 Å². The van der Waals surface area contributed by atoms with E-state index >= 15 is 0 Å². The molecule has 1 aromatic rings. The van der Waals surface area contributed by atoms with Crippen molar-refractivity contribution in [1.82, 2.24) is 4.31 Å². The lowest BCUT2D eigenvalue weighted by molar-refractivity contribution is 0.410. The first-order valence-corrected chi connectivity index (χ1v) is 6.61. The van der Waals surface area contributed by atoms with Gasteiger partial charge in [0.05, 0.1) is 4.90 Å². The Hall–Kier alpha value is -0.910. The van der Waals surface area contributed by atoms with Crippen molar-refractivity contribution in [2.24, 2.45) is 5.73 Å². The van der Waals surface area contributed by atoms with Crippen LogP contribution in [-0.4, -0.2) is 25.8 Å². The summed E-state index contributed by atoms with van der Waals surface area (Å²) in [6.07, 6.45) is 0. The van der Waals surface area contributed by atoms with Crippen LogP contribution in [0.25, 0.3) is 0 Å². The third-order valence-corrected chi connectivity index (χ3v) is 4.71. The number of nitrogens with zero attached hydrogens (tertiary/aromatic N) is 1. The fourth-order valence-electron chi connectivity index (χ4n) is 1.36. The second-order valence-corrected chi connectivity index (χ2v) is 5.89. The first-order valence-electron chi connectivity index (χ1n) is 5.17. The van der Waals surface area contributed by atoms with Gasteiger partial charge in [0.25, 0.3) is 0 Å². The van der Waals surface area contributed by atoms with Crippen molar-refractivity contribution in [1.29, 1.82) is 0 Å². The van der Waals surface area contributed by atoms with Crippen LogP contribution >= 0.6 is 0 Å². The van der Waals surface area contributed by atoms with Crippen LogP contribution < -0.4 is 5.73 Å². The Kier molecular flexibility index (Phi) is 4.07. The van der Waals surface area contributed by atoms with Crippen molar-refractivity contribution >= 4 is 10.0 Å². The zero-order valence-electron chi connectivity index (χ0n) is 9.84. The van der Waals surface area contributed by atoms with Gasteiger partial charge in [0.2, 0.25) is 10.0 Å². The molecule has 0 aliphatic heterocycles. The van der Waals surface area contributed by atoms with Gasteiger partial charge in [-0.3, -0.25) is 0 Å². The van der Waals surface area contributed by atoms with Crippen LogP contribution in [-0.2, 0) is 16.6 Å². The van der Waals surface area contributed by atoms with Crippen molar-refractivity contribution in [2.75, 3.05) is 7.05 Å². The van der Waals surface area contributed by atoms with E-state index in [0.717, 1.165) is 0 Å². The molecule has 0 aromatic heterocycles. The third-order valence-electron chi connectivity index (χ3n) is 2.58. The van der Waals surface area contributed by atoms with Gasteiger partial charge in [0.15, 0.2) is 0 Å².